The zero-order chi connectivity index (χ0) is 15.1. The Morgan fingerprint density at radius 3 is 2.43 bits per heavy atom. The number of carboxylic acids is 1. The van der Waals surface area contributed by atoms with E-state index >= 15 is 0 Å². The van der Waals surface area contributed by atoms with E-state index in [0.717, 1.165) is 25.7 Å². The van der Waals surface area contributed by atoms with Crippen molar-refractivity contribution < 1.29 is 19.4 Å². The van der Waals surface area contributed by atoms with Gasteiger partial charge in [0.05, 0.1) is 6.61 Å². The van der Waals surface area contributed by atoms with Crippen molar-refractivity contribution in [2.24, 2.45) is 17.8 Å². The number of carboxylic acid groups (broad SMARTS) is 1. The number of nitrogens with one attached hydrogen (secondary N) is 1. The topological polar surface area (TPSA) is 75.6 Å². The number of aliphatic carboxylic acids is 1. The minimum absolute atomic E-state index is 0.143. The first-order chi connectivity index (χ1) is 10.2. The van der Waals surface area contributed by atoms with Gasteiger partial charge in [-0.05, 0) is 43.4 Å². The average molecular weight is 293 g/mol. The summed E-state index contributed by atoms with van der Waals surface area (Å²) >= 11 is 0. The number of carbonyl (C=O) groups is 2. The molecule has 2 atom stereocenters. The third kappa shape index (κ3) is 5.30. The summed E-state index contributed by atoms with van der Waals surface area (Å²) in [5.74, 6) is 7.40. The largest absolute Gasteiger partial charge is 0.481 e. The zero-order valence-electron chi connectivity index (χ0n) is 12.3. The van der Waals surface area contributed by atoms with Gasteiger partial charge in [-0.15, -0.1) is 11.8 Å². The highest BCUT2D eigenvalue weighted by atomic mass is 16.5. The quantitative estimate of drug-likeness (QED) is 0.558. The van der Waals surface area contributed by atoms with Crippen LogP contribution >= 0.6 is 0 Å². The molecule has 1 fully saturated rings. The first kappa shape index (κ1) is 15.7. The number of alkyl carbamates (subject to hydrolysis) is 1. The third-order valence-corrected chi connectivity index (χ3v) is 4.33. The number of hydrogen-bond donors (Lipinski definition) is 2. The van der Waals surface area contributed by atoms with Crippen LogP contribution in [0.4, 0.5) is 4.79 Å². The van der Waals surface area contributed by atoms with Crippen LogP contribution in [0.3, 0.4) is 0 Å². The van der Waals surface area contributed by atoms with Gasteiger partial charge in [0, 0.05) is 25.8 Å². The van der Waals surface area contributed by atoms with Crippen LogP contribution in [0.25, 0.3) is 0 Å². The molecule has 2 aliphatic carbocycles. The Kier molecular flexibility index (Phi) is 5.91. The molecule has 2 aliphatic rings. The van der Waals surface area contributed by atoms with Crippen molar-refractivity contribution >= 4 is 12.1 Å². The maximum atomic E-state index is 11.5. The van der Waals surface area contributed by atoms with Gasteiger partial charge in [0.25, 0.3) is 0 Å². The van der Waals surface area contributed by atoms with Gasteiger partial charge in [0.1, 0.15) is 0 Å². The molecule has 21 heavy (non-hydrogen) atoms. The summed E-state index contributed by atoms with van der Waals surface area (Å²) < 4.78 is 5.26. The lowest BCUT2D eigenvalue weighted by molar-refractivity contribution is -0.137. The Bertz CT molecular complexity index is 419. The Morgan fingerprint density at radius 2 is 1.81 bits per heavy atom. The van der Waals surface area contributed by atoms with Gasteiger partial charge in [-0.25, -0.2) is 4.79 Å². The molecule has 0 bridgehead atoms. The summed E-state index contributed by atoms with van der Waals surface area (Å²) in [5, 5.41) is 11.2. The van der Waals surface area contributed by atoms with Gasteiger partial charge in [-0.3, -0.25) is 4.79 Å². The van der Waals surface area contributed by atoms with Crippen LogP contribution in [0.2, 0.25) is 0 Å². The summed E-state index contributed by atoms with van der Waals surface area (Å²) in [4.78, 5) is 21.9. The van der Waals surface area contributed by atoms with E-state index in [1.807, 2.05) is 0 Å². The molecule has 2 rings (SSSR count). The second-order valence-corrected chi connectivity index (χ2v) is 5.80. The molecule has 0 aromatic heterocycles. The molecule has 0 aromatic rings. The molecule has 0 aliphatic heterocycles. The standard InChI is InChI=1S/C16H23NO4/c18-15(19)9-5-6-10-17-16(20)21-11-14-12-7-3-1-2-4-8-13(12)14/h12-14H,3-11H2,(H,17,20)(H,18,19). The average Bonchev–Trinajstić information content (AvgIpc) is 3.05. The Morgan fingerprint density at radius 1 is 1.14 bits per heavy atom. The second kappa shape index (κ2) is 7.92. The van der Waals surface area contributed by atoms with Gasteiger partial charge in [0.2, 0.25) is 0 Å². The maximum absolute atomic E-state index is 11.5. The third-order valence-electron chi connectivity index (χ3n) is 4.33. The SMILES string of the molecule is O=C(O)CCCCNC(=O)OCC1C2CCC#CCCC21. The van der Waals surface area contributed by atoms with E-state index in [4.69, 9.17) is 9.84 Å². The van der Waals surface area contributed by atoms with Crippen LogP contribution in [-0.2, 0) is 9.53 Å². The molecule has 0 aromatic carbocycles. The summed E-state index contributed by atoms with van der Waals surface area (Å²) in [7, 11) is 0. The molecule has 5 heteroatoms. The number of fused-ring (bicyclic) bond motifs is 1. The molecule has 2 N–H and O–H groups in total. The first-order valence-electron chi connectivity index (χ1n) is 7.76. The van der Waals surface area contributed by atoms with Gasteiger partial charge < -0.3 is 15.2 Å². The summed E-state index contributed by atoms with van der Waals surface area (Å²) in [6, 6.07) is 0. The van der Waals surface area contributed by atoms with Crippen molar-refractivity contribution in [1.29, 1.82) is 0 Å². The molecule has 1 saturated carbocycles. The Labute approximate surface area is 125 Å². The van der Waals surface area contributed by atoms with Gasteiger partial charge in [-0.1, -0.05) is 0 Å². The van der Waals surface area contributed by atoms with Crippen molar-refractivity contribution in [3.05, 3.63) is 0 Å². The molecule has 1 amide bonds. The van der Waals surface area contributed by atoms with Crippen LogP contribution in [-0.4, -0.2) is 30.3 Å². The normalized spacial score (nSPS) is 26.4. The lowest BCUT2D eigenvalue weighted by Crippen LogP contribution is -2.26. The lowest BCUT2D eigenvalue weighted by Gasteiger charge is -2.06. The highest BCUT2D eigenvalue weighted by molar-refractivity contribution is 5.67. The fourth-order valence-electron chi connectivity index (χ4n) is 3.10. The fraction of sp³-hybridized carbons (Fsp3) is 0.750. The highest BCUT2D eigenvalue weighted by Gasteiger charge is 2.49. The number of unbranched alkanes of at least 4 members (excludes halogenated alkanes) is 1. The molecular formula is C16H23NO4. The number of hydrogen-bond acceptors (Lipinski definition) is 3. The van der Waals surface area contributed by atoms with Crippen molar-refractivity contribution in [2.75, 3.05) is 13.2 Å². The molecule has 0 heterocycles. The molecular weight excluding hydrogens is 270 g/mol. The number of rotatable bonds is 7. The van der Waals surface area contributed by atoms with Crippen LogP contribution in [0.15, 0.2) is 0 Å². The predicted molar refractivity (Wildman–Crippen MR) is 77.6 cm³/mol. The minimum Gasteiger partial charge on any atom is -0.481 e. The predicted octanol–water partition coefficient (Wildman–Crippen LogP) is 2.41. The molecule has 0 spiro atoms. The molecule has 5 nitrogen and oxygen atoms in total. The number of amides is 1. The molecule has 116 valence electrons. The monoisotopic (exact) mass is 293 g/mol. The van der Waals surface area contributed by atoms with Crippen molar-refractivity contribution in [3.8, 4) is 11.8 Å². The Hall–Kier alpha value is -1.70. The summed E-state index contributed by atoms with van der Waals surface area (Å²) in [6.07, 6.45) is 5.17. The summed E-state index contributed by atoms with van der Waals surface area (Å²) in [5.41, 5.74) is 0. The van der Waals surface area contributed by atoms with E-state index in [1.54, 1.807) is 0 Å². The van der Waals surface area contributed by atoms with E-state index in [0.29, 0.717) is 43.7 Å². The molecule has 0 radical (unpaired) electrons. The zero-order valence-corrected chi connectivity index (χ0v) is 12.3. The van der Waals surface area contributed by atoms with E-state index in [-0.39, 0.29) is 12.5 Å². The van der Waals surface area contributed by atoms with Crippen molar-refractivity contribution in [2.45, 2.75) is 44.9 Å². The van der Waals surface area contributed by atoms with Crippen molar-refractivity contribution in [3.63, 3.8) is 0 Å². The van der Waals surface area contributed by atoms with Gasteiger partial charge in [0.15, 0.2) is 0 Å². The lowest BCUT2D eigenvalue weighted by atomic mass is 10.1. The maximum Gasteiger partial charge on any atom is 0.407 e. The van der Waals surface area contributed by atoms with Crippen LogP contribution in [0, 0.1) is 29.6 Å². The van der Waals surface area contributed by atoms with Gasteiger partial charge >= 0.3 is 12.1 Å². The van der Waals surface area contributed by atoms with Crippen LogP contribution in [0.1, 0.15) is 44.9 Å². The summed E-state index contributed by atoms with van der Waals surface area (Å²) in [6.45, 7) is 0.966. The van der Waals surface area contributed by atoms with Crippen molar-refractivity contribution in [1.82, 2.24) is 5.32 Å². The Balaban J connectivity index is 1.53. The molecule has 0 saturated heterocycles. The number of carbonyl (C=O) groups excluding carboxylic acids is 1. The fourth-order valence-corrected chi connectivity index (χ4v) is 3.10. The first-order valence-corrected chi connectivity index (χ1v) is 7.76. The highest BCUT2D eigenvalue weighted by Crippen LogP contribution is 2.52. The van der Waals surface area contributed by atoms with Gasteiger partial charge in [-0.2, -0.15) is 0 Å². The van der Waals surface area contributed by atoms with Crippen LogP contribution in [0.5, 0.6) is 0 Å². The minimum atomic E-state index is -0.801. The van der Waals surface area contributed by atoms with E-state index in [1.165, 1.54) is 0 Å². The van der Waals surface area contributed by atoms with E-state index in [9.17, 15) is 9.59 Å². The smallest absolute Gasteiger partial charge is 0.407 e. The molecule has 2 unspecified atom stereocenters. The second-order valence-electron chi connectivity index (χ2n) is 5.80. The van der Waals surface area contributed by atoms with E-state index in [2.05, 4.69) is 17.2 Å². The van der Waals surface area contributed by atoms with E-state index < -0.39 is 5.97 Å². The van der Waals surface area contributed by atoms with Crippen LogP contribution < -0.4 is 5.32 Å². The number of ether oxygens (including phenoxy) is 1.